The van der Waals surface area contributed by atoms with Crippen molar-refractivity contribution in [1.29, 1.82) is 0 Å². The number of amides is 2. The minimum atomic E-state index is -4.58. The number of hydrogen-bond donors (Lipinski definition) is 2. The molecule has 1 rings (SSSR count). The fourth-order valence-corrected chi connectivity index (χ4v) is 1.31. The van der Waals surface area contributed by atoms with Gasteiger partial charge in [-0.05, 0) is 25.0 Å². The van der Waals surface area contributed by atoms with Gasteiger partial charge in [-0.15, -0.1) is 10.2 Å². The van der Waals surface area contributed by atoms with Gasteiger partial charge in [0.15, 0.2) is 11.0 Å². The predicted molar refractivity (Wildman–Crippen MR) is 62.5 cm³/mol. The molecule has 3 N–H and O–H groups in total. The maximum absolute atomic E-state index is 12.1. The van der Waals surface area contributed by atoms with Crippen LogP contribution in [0.25, 0.3) is 0 Å². The van der Waals surface area contributed by atoms with Crippen LogP contribution in [0.1, 0.15) is 11.1 Å². The third kappa shape index (κ3) is 4.21. The lowest BCUT2D eigenvalue weighted by atomic mass is 10.2. The summed E-state index contributed by atoms with van der Waals surface area (Å²) in [5.41, 5.74) is 1.06. The monoisotopic (exact) mass is 297 g/mol. The minimum absolute atomic E-state index is 0.00419. The van der Waals surface area contributed by atoms with Crippen LogP contribution in [0.5, 0.6) is 0 Å². The van der Waals surface area contributed by atoms with E-state index < -0.39 is 18.8 Å². The van der Waals surface area contributed by atoms with E-state index in [1.807, 2.05) is 0 Å². The summed E-state index contributed by atoms with van der Waals surface area (Å²) in [5.74, 6) is 5.00. The number of hydrogen-bond acceptors (Lipinski definition) is 4. The number of halogens is 4. The number of nitrogens with two attached hydrogens (primary N) is 1. The molecule has 0 unspecified atom stereocenters. The number of nitrogens with zero attached hydrogens (tertiary/aromatic N) is 3. The zero-order valence-corrected chi connectivity index (χ0v) is 10.8. The van der Waals surface area contributed by atoms with E-state index in [4.69, 9.17) is 17.4 Å². The van der Waals surface area contributed by atoms with Crippen molar-refractivity contribution >= 4 is 23.4 Å². The summed E-state index contributed by atoms with van der Waals surface area (Å²) < 4.78 is 36.2. The van der Waals surface area contributed by atoms with Gasteiger partial charge in [0.1, 0.15) is 6.54 Å². The molecule has 1 heterocycles. The van der Waals surface area contributed by atoms with Crippen LogP contribution in [0, 0.1) is 13.8 Å². The highest BCUT2D eigenvalue weighted by molar-refractivity contribution is 6.30. The van der Waals surface area contributed by atoms with E-state index in [0.29, 0.717) is 11.1 Å². The Balaban J connectivity index is 2.80. The molecule has 10 heteroatoms. The normalized spacial score (nSPS) is 11.3. The lowest BCUT2D eigenvalue weighted by molar-refractivity contribution is -0.139. The van der Waals surface area contributed by atoms with Gasteiger partial charge in [-0.1, -0.05) is 11.6 Å². The summed E-state index contributed by atoms with van der Waals surface area (Å²) in [6.45, 7) is 1.66. The Morgan fingerprint density at radius 2 is 1.95 bits per heavy atom. The van der Waals surface area contributed by atoms with E-state index in [-0.39, 0.29) is 16.0 Å². The molecule has 0 aliphatic carbocycles. The van der Waals surface area contributed by atoms with Gasteiger partial charge in [0.25, 0.3) is 0 Å². The molecule has 0 saturated heterocycles. The van der Waals surface area contributed by atoms with Gasteiger partial charge in [-0.25, -0.2) is 10.6 Å². The number of nitrogens with one attached hydrogen (secondary N) is 1. The summed E-state index contributed by atoms with van der Waals surface area (Å²) in [6, 6.07) is -1.14. The van der Waals surface area contributed by atoms with E-state index >= 15 is 0 Å². The van der Waals surface area contributed by atoms with E-state index in [9.17, 15) is 18.0 Å². The van der Waals surface area contributed by atoms with E-state index in [1.54, 1.807) is 13.8 Å². The molecule has 1 aromatic rings. The Bertz CT molecular complexity index is 493. The highest BCUT2D eigenvalue weighted by Gasteiger charge is 2.32. The lowest BCUT2D eigenvalue weighted by Gasteiger charge is -2.19. The van der Waals surface area contributed by atoms with Crippen LogP contribution >= 0.6 is 11.6 Å². The third-order valence-electron chi connectivity index (χ3n) is 2.30. The molecule has 0 aliphatic heterocycles. The van der Waals surface area contributed by atoms with Crippen LogP contribution in [0.3, 0.4) is 0 Å². The number of aromatic nitrogens is 2. The number of anilines is 1. The Kier molecular flexibility index (Phi) is 4.53. The molecule has 0 atom stereocenters. The predicted octanol–water partition coefficient (Wildman–Crippen LogP) is 2.02. The van der Waals surface area contributed by atoms with Crippen molar-refractivity contribution in [1.82, 2.24) is 15.2 Å². The summed E-state index contributed by atoms with van der Waals surface area (Å²) >= 11 is 5.70. The van der Waals surface area contributed by atoms with Gasteiger partial charge in [0, 0.05) is 0 Å². The summed E-state index contributed by atoms with van der Waals surface area (Å²) in [7, 11) is 0. The zero-order valence-electron chi connectivity index (χ0n) is 10.0. The Morgan fingerprint density at radius 1 is 1.37 bits per heavy atom. The molecule has 19 heavy (non-hydrogen) atoms. The average Bonchev–Trinajstić information content (AvgIpc) is 2.27. The molecule has 1 aromatic heterocycles. The maximum Gasteiger partial charge on any atom is 0.407 e. The molecule has 0 radical (unpaired) electrons. The molecule has 2 amide bonds. The van der Waals surface area contributed by atoms with Crippen molar-refractivity contribution in [3.05, 3.63) is 16.3 Å². The quantitative estimate of drug-likeness (QED) is 0.497. The summed E-state index contributed by atoms with van der Waals surface area (Å²) in [4.78, 5) is 11.4. The standard InChI is InChI=1S/C9H11ClF3N5O/c1-4-5(2)7(17-16-6(4)10)15-8(19)18(14)3-9(11,12)13/h3,14H2,1-2H3,(H,15,17,19). The van der Waals surface area contributed by atoms with Crippen molar-refractivity contribution in [2.45, 2.75) is 20.0 Å². The molecule has 106 valence electrons. The van der Waals surface area contributed by atoms with Crippen LogP contribution in [0.15, 0.2) is 0 Å². The van der Waals surface area contributed by atoms with E-state index in [2.05, 4.69) is 15.5 Å². The lowest BCUT2D eigenvalue weighted by Crippen LogP contribution is -2.46. The second kappa shape index (κ2) is 5.57. The van der Waals surface area contributed by atoms with E-state index in [0.717, 1.165) is 0 Å². The van der Waals surface area contributed by atoms with Crippen molar-refractivity contribution in [2.75, 3.05) is 11.9 Å². The molecular formula is C9H11ClF3N5O. The molecule has 0 bridgehead atoms. The Morgan fingerprint density at radius 3 is 2.47 bits per heavy atom. The molecule has 0 aliphatic rings. The zero-order chi connectivity index (χ0) is 14.8. The maximum atomic E-state index is 12.1. The highest BCUT2D eigenvalue weighted by atomic mass is 35.5. The number of urea groups is 1. The first-order valence-corrected chi connectivity index (χ1v) is 5.39. The first-order chi connectivity index (χ1) is 8.61. The van der Waals surface area contributed by atoms with Crippen LogP contribution in [-0.2, 0) is 0 Å². The van der Waals surface area contributed by atoms with Crippen molar-refractivity contribution in [2.24, 2.45) is 5.84 Å². The van der Waals surface area contributed by atoms with Gasteiger partial charge >= 0.3 is 12.2 Å². The second-order valence-corrected chi connectivity index (χ2v) is 4.12. The molecular weight excluding hydrogens is 287 g/mol. The number of hydrazine groups is 1. The molecule has 0 spiro atoms. The Labute approximate surface area is 111 Å². The number of carbonyl (C=O) groups is 1. The van der Waals surface area contributed by atoms with Crippen LogP contribution < -0.4 is 11.2 Å². The smallest absolute Gasteiger partial charge is 0.289 e. The van der Waals surface area contributed by atoms with Crippen molar-refractivity contribution < 1.29 is 18.0 Å². The Hall–Kier alpha value is -1.61. The van der Waals surface area contributed by atoms with Gasteiger partial charge in [-0.3, -0.25) is 10.3 Å². The van der Waals surface area contributed by atoms with Crippen LogP contribution in [-0.4, -0.2) is 34.0 Å². The fraction of sp³-hybridized carbons (Fsp3) is 0.444. The first-order valence-electron chi connectivity index (χ1n) is 5.01. The summed E-state index contributed by atoms with van der Waals surface area (Å²) in [5, 5.41) is 9.41. The number of rotatable bonds is 2. The molecule has 0 saturated carbocycles. The van der Waals surface area contributed by atoms with Gasteiger partial charge < -0.3 is 0 Å². The SMILES string of the molecule is Cc1c(Cl)nnc(NC(=O)N(N)CC(F)(F)F)c1C. The van der Waals surface area contributed by atoms with Gasteiger partial charge in [-0.2, -0.15) is 13.2 Å². The minimum Gasteiger partial charge on any atom is -0.289 e. The fourth-order valence-electron chi connectivity index (χ4n) is 1.13. The average molecular weight is 298 g/mol. The van der Waals surface area contributed by atoms with Crippen LogP contribution in [0.4, 0.5) is 23.8 Å². The molecule has 6 nitrogen and oxygen atoms in total. The topological polar surface area (TPSA) is 84.1 Å². The number of carbonyl (C=O) groups excluding carboxylic acids is 1. The second-order valence-electron chi connectivity index (χ2n) is 3.76. The largest absolute Gasteiger partial charge is 0.407 e. The van der Waals surface area contributed by atoms with E-state index in [1.165, 1.54) is 0 Å². The van der Waals surface area contributed by atoms with Crippen molar-refractivity contribution in [3.8, 4) is 0 Å². The van der Waals surface area contributed by atoms with Gasteiger partial charge in [0.2, 0.25) is 0 Å². The molecule has 0 aromatic carbocycles. The molecule has 0 fully saturated rings. The van der Waals surface area contributed by atoms with Crippen LogP contribution in [0.2, 0.25) is 5.15 Å². The highest BCUT2D eigenvalue weighted by Crippen LogP contribution is 2.21. The third-order valence-corrected chi connectivity index (χ3v) is 2.66. The van der Waals surface area contributed by atoms with Gasteiger partial charge in [0.05, 0.1) is 0 Å². The first kappa shape index (κ1) is 15.4. The number of alkyl halides is 3. The summed E-state index contributed by atoms with van der Waals surface area (Å²) in [6.07, 6.45) is -4.58. The van der Waals surface area contributed by atoms with Crippen molar-refractivity contribution in [3.63, 3.8) is 0 Å².